The van der Waals surface area contributed by atoms with Crippen LogP contribution in [0.15, 0.2) is 34.8 Å². The highest BCUT2D eigenvalue weighted by Gasteiger charge is 2.09. The van der Waals surface area contributed by atoms with E-state index in [4.69, 9.17) is 4.74 Å². The molecule has 0 aliphatic rings. The van der Waals surface area contributed by atoms with Gasteiger partial charge in [-0.2, -0.15) is 0 Å². The van der Waals surface area contributed by atoms with Crippen molar-refractivity contribution in [3.8, 4) is 11.6 Å². The average molecular weight is 326 g/mol. The van der Waals surface area contributed by atoms with Gasteiger partial charge in [0.1, 0.15) is 0 Å². The Balaban J connectivity index is 2.19. The Kier molecular flexibility index (Phi) is 4.06. The summed E-state index contributed by atoms with van der Waals surface area (Å²) in [5, 5.41) is 9.79. The number of benzene rings is 1. The maximum Gasteiger partial charge on any atom is 0.271 e. The minimum Gasteiger partial charge on any atom is -0.434 e. The number of ether oxygens (including phenoxy) is 1. The fraction of sp³-hybridized carbons (Fsp3) is 0.0833. The molecule has 1 aromatic carbocycles. The molecule has 1 aromatic heterocycles. The Labute approximate surface area is 116 Å². The average Bonchev–Trinajstić information content (AvgIpc) is 2.43. The smallest absolute Gasteiger partial charge is 0.271 e. The summed E-state index contributed by atoms with van der Waals surface area (Å²) in [4.78, 5) is 11.3. The van der Waals surface area contributed by atoms with E-state index < -0.39 is 5.82 Å². The number of carbonyl (C=O) groups is 1. The molecule has 5 nitrogen and oxygen atoms in total. The molecule has 7 heteroatoms. The summed E-state index contributed by atoms with van der Waals surface area (Å²) >= 11 is 3.21. The summed E-state index contributed by atoms with van der Waals surface area (Å²) in [7, 11) is 1.49. The first-order valence-electron chi connectivity index (χ1n) is 5.29. The van der Waals surface area contributed by atoms with Crippen LogP contribution in [-0.4, -0.2) is 23.2 Å². The summed E-state index contributed by atoms with van der Waals surface area (Å²) in [6, 6.07) is 7.19. The van der Waals surface area contributed by atoms with E-state index >= 15 is 0 Å². The predicted octanol–water partition coefficient (Wildman–Crippen LogP) is 2.53. The zero-order chi connectivity index (χ0) is 13.8. The SMILES string of the molecule is CNC(=O)c1ccc(Oc2cc(Br)ccc2F)nn1. The third kappa shape index (κ3) is 3.25. The predicted molar refractivity (Wildman–Crippen MR) is 69.6 cm³/mol. The van der Waals surface area contributed by atoms with Crippen LogP contribution in [0.2, 0.25) is 0 Å². The molecule has 1 N–H and O–H groups in total. The van der Waals surface area contributed by atoms with Gasteiger partial charge in [-0.25, -0.2) is 4.39 Å². The van der Waals surface area contributed by atoms with Crippen LogP contribution < -0.4 is 10.1 Å². The molecule has 0 saturated heterocycles. The lowest BCUT2D eigenvalue weighted by atomic mass is 10.3. The number of carbonyl (C=O) groups excluding carboxylic acids is 1. The molecule has 19 heavy (non-hydrogen) atoms. The van der Waals surface area contributed by atoms with E-state index in [1.807, 2.05) is 0 Å². The zero-order valence-corrected chi connectivity index (χ0v) is 11.4. The summed E-state index contributed by atoms with van der Waals surface area (Å²) in [6.45, 7) is 0. The lowest BCUT2D eigenvalue weighted by molar-refractivity contribution is 0.0957. The van der Waals surface area contributed by atoms with Crippen LogP contribution >= 0.6 is 15.9 Å². The number of aromatic nitrogens is 2. The van der Waals surface area contributed by atoms with Crippen molar-refractivity contribution < 1.29 is 13.9 Å². The van der Waals surface area contributed by atoms with E-state index in [9.17, 15) is 9.18 Å². The molecule has 0 aliphatic carbocycles. The van der Waals surface area contributed by atoms with Crippen molar-refractivity contribution in [1.82, 2.24) is 15.5 Å². The van der Waals surface area contributed by atoms with Gasteiger partial charge in [0.15, 0.2) is 17.3 Å². The van der Waals surface area contributed by atoms with Crippen LogP contribution in [0.3, 0.4) is 0 Å². The number of hydrogen-bond acceptors (Lipinski definition) is 4. The summed E-state index contributed by atoms with van der Waals surface area (Å²) in [5.41, 5.74) is 0.157. The highest BCUT2D eigenvalue weighted by Crippen LogP contribution is 2.26. The summed E-state index contributed by atoms with van der Waals surface area (Å²) in [5.74, 6) is -0.742. The normalized spacial score (nSPS) is 10.1. The molecule has 0 radical (unpaired) electrons. The van der Waals surface area contributed by atoms with Gasteiger partial charge in [-0.15, -0.1) is 10.2 Å². The topological polar surface area (TPSA) is 64.1 Å². The van der Waals surface area contributed by atoms with Gasteiger partial charge in [0.2, 0.25) is 5.88 Å². The van der Waals surface area contributed by atoms with Crippen LogP contribution in [0.4, 0.5) is 4.39 Å². The molecule has 0 spiro atoms. The Morgan fingerprint density at radius 2 is 2.11 bits per heavy atom. The van der Waals surface area contributed by atoms with Crippen LogP contribution in [0, 0.1) is 5.82 Å². The van der Waals surface area contributed by atoms with E-state index in [1.54, 1.807) is 6.07 Å². The van der Waals surface area contributed by atoms with Gasteiger partial charge >= 0.3 is 0 Å². The molecular weight excluding hydrogens is 317 g/mol. The molecular formula is C12H9BrFN3O2. The van der Waals surface area contributed by atoms with Crippen molar-refractivity contribution in [3.05, 3.63) is 46.3 Å². The second-order valence-electron chi connectivity index (χ2n) is 3.51. The van der Waals surface area contributed by atoms with E-state index in [2.05, 4.69) is 31.4 Å². The van der Waals surface area contributed by atoms with Gasteiger partial charge in [0.25, 0.3) is 5.91 Å². The molecule has 2 rings (SSSR count). The molecule has 0 bridgehead atoms. The quantitative estimate of drug-likeness (QED) is 0.941. The van der Waals surface area contributed by atoms with E-state index in [0.29, 0.717) is 4.47 Å². The number of nitrogens with one attached hydrogen (secondary N) is 1. The van der Waals surface area contributed by atoms with Crippen LogP contribution in [0.5, 0.6) is 11.6 Å². The summed E-state index contributed by atoms with van der Waals surface area (Å²) in [6.07, 6.45) is 0. The molecule has 0 fully saturated rings. The molecule has 0 atom stereocenters. The maximum absolute atomic E-state index is 13.5. The Morgan fingerprint density at radius 3 is 2.74 bits per heavy atom. The van der Waals surface area contributed by atoms with E-state index in [0.717, 1.165) is 0 Å². The van der Waals surface area contributed by atoms with Gasteiger partial charge < -0.3 is 10.1 Å². The monoisotopic (exact) mass is 325 g/mol. The summed E-state index contributed by atoms with van der Waals surface area (Å²) < 4.78 is 19.4. The fourth-order valence-corrected chi connectivity index (χ4v) is 1.63. The van der Waals surface area contributed by atoms with Crippen molar-refractivity contribution in [1.29, 1.82) is 0 Å². The third-order valence-electron chi connectivity index (χ3n) is 2.21. The highest BCUT2D eigenvalue weighted by molar-refractivity contribution is 9.10. The largest absolute Gasteiger partial charge is 0.434 e. The lowest BCUT2D eigenvalue weighted by Crippen LogP contribution is -2.19. The highest BCUT2D eigenvalue weighted by atomic mass is 79.9. The minimum atomic E-state index is -0.514. The fourth-order valence-electron chi connectivity index (χ4n) is 1.29. The van der Waals surface area contributed by atoms with Crippen molar-refractivity contribution in [3.63, 3.8) is 0 Å². The van der Waals surface area contributed by atoms with Gasteiger partial charge in [0, 0.05) is 17.6 Å². The number of halogens is 2. The maximum atomic E-state index is 13.5. The Morgan fingerprint density at radius 1 is 1.32 bits per heavy atom. The number of nitrogens with zero attached hydrogens (tertiary/aromatic N) is 2. The second kappa shape index (κ2) is 5.75. The van der Waals surface area contributed by atoms with E-state index in [-0.39, 0.29) is 23.2 Å². The minimum absolute atomic E-state index is 0.0244. The lowest BCUT2D eigenvalue weighted by Gasteiger charge is -2.06. The van der Waals surface area contributed by atoms with Crippen LogP contribution in [-0.2, 0) is 0 Å². The Hall–Kier alpha value is -2.02. The molecule has 0 unspecified atom stereocenters. The number of amides is 1. The van der Waals surface area contributed by atoms with Gasteiger partial charge in [-0.3, -0.25) is 4.79 Å². The van der Waals surface area contributed by atoms with Crippen LogP contribution in [0.1, 0.15) is 10.5 Å². The first-order chi connectivity index (χ1) is 9.10. The van der Waals surface area contributed by atoms with Gasteiger partial charge in [-0.1, -0.05) is 15.9 Å². The van der Waals surface area contributed by atoms with Crippen molar-refractivity contribution in [2.75, 3.05) is 7.05 Å². The van der Waals surface area contributed by atoms with Crippen molar-refractivity contribution in [2.24, 2.45) is 0 Å². The molecule has 1 heterocycles. The molecule has 0 saturated carbocycles. The van der Waals surface area contributed by atoms with Crippen molar-refractivity contribution >= 4 is 21.8 Å². The zero-order valence-electron chi connectivity index (χ0n) is 9.85. The Bertz CT molecular complexity index is 604. The molecule has 0 aliphatic heterocycles. The van der Waals surface area contributed by atoms with E-state index in [1.165, 1.54) is 31.3 Å². The molecule has 1 amide bonds. The van der Waals surface area contributed by atoms with Crippen LogP contribution in [0.25, 0.3) is 0 Å². The van der Waals surface area contributed by atoms with Crippen molar-refractivity contribution in [2.45, 2.75) is 0 Å². The first kappa shape index (κ1) is 13.4. The third-order valence-corrected chi connectivity index (χ3v) is 2.70. The number of hydrogen-bond donors (Lipinski definition) is 1. The molecule has 98 valence electrons. The van der Waals surface area contributed by atoms with Gasteiger partial charge in [-0.05, 0) is 24.3 Å². The van der Waals surface area contributed by atoms with Gasteiger partial charge in [0.05, 0.1) is 0 Å². The first-order valence-corrected chi connectivity index (χ1v) is 6.08. The number of rotatable bonds is 3. The molecule has 2 aromatic rings. The second-order valence-corrected chi connectivity index (χ2v) is 4.43. The standard InChI is InChI=1S/C12H9BrFN3O2/c1-15-12(18)9-4-5-11(17-16-9)19-10-6-7(13)2-3-8(10)14/h2-6H,1H3,(H,15,18).